The van der Waals surface area contributed by atoms with Crippen molar-refractivity contribution in [3.63, 3.8) is 0 Å². The minimum atomic E-state index is -1.00. The normalized spacial score (nSPS) is 17.4. The molecule has 184 valence electrons. The molecule has 0 aliphatic carbocycles. The lowest BCUT2D eigenvalue weighted by atomic mass is 9.96. The van der Waals surface area contributed by atoms with Gasteiger partial charge in [-0.3, -0.25) is 14.5 Å². The second-order valence-corrected chi connectivity index (χ2v) is 10.2. The highest BCUT2D eigenvalue weighted by Crippen LogP contribution is 2.45. The molecule has 2 aromatic carbocycles. The van der Waals surface area contributed by atoms with Crippen LogP contribution >= 0.6 is 11.3 Å². The van der Waals surface area contributed by atoms with Crippen molar-refractivity contribution < 1.29 is 19.8 Å². The number of fused-ring (bicyclic) bond motifs is 2. The number of pyridine rings is 1. The molecule has 3 aromatic heterocycles. The number of carbonyl (C=O) groups is 2. The summed E-state index contributed by atoms with van der Waals surface area (Å²) in [6.07, 6.45) is 1.83. The molecule has 5 aromatic rings. The van der Waals surface area contributed by atoms with Gasteiger partial charge in [0.2, 0.25) is 0 Å². The number of phenols is 1. The molecule has 0 radical (unpaired) electrons. The van der Waals surface area contributed by atoms with Gasteiger partial charge in [-0.2, -0.15) is 0 Å². The van der Waals surface area contributed by atoms with Crippen LogP contribution in [0.25, 0.3) is 21.6 Å². The summed E-state index contributed by atoms with van der Waals surface area (Å²) >= 11 is 1.29. The van der Waals surface area contributed by atoms with E-state index in [0.717, 1.165) is 15.8 Å². The van der Waals surface area contributed by atoms with Crippen molar-refractivity contribution >= 4 is 49.8 Å². The van der Waals surface area contributed by atoms with E-state index in [-0.39, 0.29) is 22.8 Å². The van der Waals surface area contributed by atoms with Gasteiger partial charge >= 0.3 is 5.91 Å². The zero-order valence-electron chi connectivity index (χ0n) is 20.3. The molecule has 2 N–H and O–H groups in total. The summed E-state index contributed by atoms with van der Waals surface area (Å²) in [5, 5.41) is 22.1. The fraction of sp³-hybridized carbons (Fsp3) is 0.143. The summed E-state index contributed by atoms with van der Waals surface area (Å²) in [6, 6.07) is 14.9. The van der Waals surface area contributed by atoms with E-state index in [1.165, 1.54) is 28.4 Å². The number of thiazole rings is 1. The molecule has 1 unspecified atom stereocenters. The van der Waals surface area contributed by atoms with Crippen LogP contribution in [0.15, 0.2) is 66.4 Å². The van der Waals surface area contributed by atoms with E-state index >= 15 is 0 Å². The first-order valence-electron chi connectivity index (χ1n) is 11.7. The average molecular weight is 511 g/mol. The van der Waals surface area contributed by atoms with E-state index in [2.05, 4.69) is 9.97 Å². The standard InChI is InChI=1S/C28H22N4O4S/c1-14-9-10-19-20(12-14)37-28(29-19)32-23(17-7-4-8-18(33)13-17)21(25(35)27(32)36)24(34)22-16(3)31-11-5-6-15(2)26(31)30-22/h4-13,23,33-34H,1-3H3. The van der Waals surface area contributed by atoms with Gasteiger partial charge in [0.1, 0.15) is 17.1 Å². The molecule has 6 rings (SSSR count). The van der Waals surface area contributed by atoms with E-state index in [0.29, 0.717) is 27.6 Å². The number of hydrogen-bond acceptors (Lipinski definition) is 7. The molecule has 9 heteroatoms. The lowest BCUT2D eigenvalue weighted by Crippen LogP contribution is -2.29. The first-order chi connectivity index (χ1) is 17.7. The van der Waals surface area contributed by atoms with Crippen LogP contribution in [0.1, 0.15) is 34.1 Å². The molecule has 0 saturated carbocycles. The molecule has 1 saturated heterocycles. The molecule has 37 heavy (non-hydrogen) atoms. The number of aromatic nitrogens is 3. The highest BCUT2D eigenvalue weighted by molar-refractivity contribution is 7.22. The molecule has 0 bridgehead atoms. The minimum Gasteiger partial charge on any atom is -0.508 e. The Hall–Kier alpha value is -4.50. The van der Waals surface area contributed by atoms with Crippen LogP contribution in [-0.4, -0.2) is 36.3 Å². The Bertz CT molecular complexity index is 1800. The van der Waals surface area contributed by atoms with E-state index in [9.17, 15) is 19.8 Å². The number of rotatable bonds is 3. The number of anilines is 1. The second kappa shape index (κ2) is 8.28. The number of ketones is 1. The molecule has 1 atom stereocenters. The molecule has 8 nitrogen and oxygen atoms in total. The van der Waals surface area contributed by atoms with Crippen molar-refractivity contribution in [1.82, 2.24) is 14.4 Å². The smallest absolute Gasteiger partial charge is 0.301 e. The Morgan fingerprint density at radius 3 is 2.57 bits per heavy atom. The monoisotopic (exact) mass is 510 g/mol. The number of nitrogens with zero attached hydrogens (tertiary/aromatic N) is 4. The maximum atomic E-state index is 13.5. The predicted octanol–water partition coefficient (Wildman–Crippen LogP) is 5.20. The summed E-state index contributed by atoms with van der Waals surface area (Å²) in [5.74, 6) is -2.04. The molecule has 1 amide bonds. The molecule has 1 aliphatic heterocycles. The number of aliphatic hydroxyl groups is 1. The van der Waals surface area contributed by atoms with Gasteiger partial charge < -0.3 is 14.6 Å². The number of benzene rings is 2. The van der Waals surface area contributed by atoms with Crippen LogP contribution < -0.4 is 4.90 Å². The third-order valence-electron chi connectivity index (χ3n) is 6.68. The molecule has 0 spiro atoms. The van der Waals surface area contributed by atoms with Gasteiger partial charge in [-0.25, -0.2) is 9.97 Å². The number of imidazole rings is 1. The van der Waals surface area contributed by atoms with Crippen LogP contribution in [0.3, 0.4) is 0 Å². The Labute approximate surface area is 215 Å². The van der Waals surface area contributed by atoms with Gasteiger partial charge in [0.05, 0.1) is 27.5 Å². The summed E-state index contributed by atoms with van der Waals surface area (Å²) < 4.78 is 2.71. The number of carbonyl (C=O) groups excluding carboxylic acids is 2. The van der Waals surface area contributed by atoms with Crippen molar-refractivity contribution in [2.24, 2.45) is 0 Å². The van der Waals surface area contributed by atoms with Crippen LogP contribution in [-0.2, 0) is 9.59 Å². The molecular weight excluding hydrogens is 488 g/mol. The van der Waals surface area contributed by atoms with Crippen molar-refractivity contribution in [2.75, 3.05) is 4.90 Å². The summed E-state index contributed by atoms with van der Waals surface area (Å²) in [4.78, 5) is 37.5. The summed E-state index contributed by atoms with van der Waals surface area (Å²) in [5.41, 5.74) is 4.51. The topological polar surface area (TPSA) is 108 Å². The quantitative estimate of drug-likeness (QED) is 0.196. The van der Waals surface area contributed by atoms with E-state index < -0.39 is 17.7 Å². The Kier molecular flexibility index (Phi) is 5.13. The lowest BCUT2D eigenvalue weighted by molar-refractivity contribution is -0.132. The van der Waals surface area contributed by atoms with E-state index in [4.69, 9.17) is 0 Å². The third-order valence-corrected chi connectivity index (χ3v) is 7.69. The van der Waals surface area contributed by atoms with E-state index in [1.54, 1.807) is 19.1 Å². The Balaban J connectivity index is 1.61. The van der Waals surface area contributed by atoms with Crippen LogP contribution in [0.2, 0.25) is 0 Å². The first-order valence-corrected chi connectivity index (χ1v) is 12.5. The van der Waals surface area contributed by atoms with Crippen molar-refractivity contribution in [3.05, 3.63) is 94.4 Å². The van der Waals surface area contributed by atoms with Gasteiger partial charge in [-0.05, 0) is 67.8 Å². The van der Waals surface area contributed by atoms with Crippen molar-refractivity contribution in [1.29, 1.82) is 0 Å². The van der Waals surface area contributed by atoms with Gasteiger partial charge in [0.15, 0.2) is 10.9 Å². The first kappa shape index (κ1) is 22.9. The fourth-order valence-electron chi connectivity index (χ4n) is 4.84. The molecular formula is C28H22N4O4S. The molecule has 1 aliphatic rings. The van der Waals surface area contributed by atoms with Crippen LogP contribution in [0.4, 0.5) is 5.13 Å². The SMILES string of the molecule is Cc1ccc2nc(N3C(=O)C(=O)C(=C(O)c4nc5c(C)cccn5c4C)C3c3cccc(O)c3)sc2c1. The number of hydrogen-bond donors (Lipinski definition) is 2. The zero-order valence-corrected chi connectivity index (χ0v) is 21.1. The fourth-order valence-corrected chi connectivity index (χ4v) is 5.93. The highest BCUT2D eigenvalue weighted by atomic mass is 32.1. The molecule has 1 fully saturated rings. The Morgan fingerprint density at radius 2 is 1.81 bits per heavy atom. The van der Waals surface area contributed by atoms with Gasteiger partial charge in [-0.15, -0.1) is 0 Å². The minimum absolute atomic E-state index is 0.0254. The van der Waals surface area contributed by atoms with Gasteiger partial charge in [0, 0.05) is 6.20 Å². The maximum Gasteiger partial charge on any atom is 0.301 e. The van der Waals surface area contributed by atoms with Crippen LogP contribution in [0.5, 0.6) is 5.75 Å². The number of aliphatic hydroxyl groups excluding tert-OH is 1. The van der Waals surface area contributed by atoms with Gasteiger partial charge in [0.25, 0.3) is 5.78 Å². The van der Waals surface area contributed by atoms with Crippen molar-refractivity contribution in [3.8, 4) is 5.75 Å². The average Bonchev–Trinajstić information content (AvgIpc) is 3.51. The number of aryl methyl sites for hydroxylation is 3. The maximum absolute atomic E-state index is 13.5. The third kappa shape index (κ3) is 3.50. The lowest BCUT2D eigenvalue weighted by Gasteiger charge is -2.22. The summed E-state index contributed by atoms with van der Waals surface area (Å²) in [7, 11) is 0. The van der Waals surface area contributed by atoms with Crippen molar-refractivity contribution in [2.45, 2.75) is 26.8 Å². The zero-order chi connectivity index (χ0) is 26.0. The largest absolute Gasteiger partial charge is 0.508 e. The number of amides is 1. The van der Waals surface area contributed by atoms with Crippen LogP contribution in [0, 0.1) is 20.8 Å². The highest BCUT2D eigenvalue weighted by Gasteiger charge is 2.48. The number of Topliss-reactive ketones (excluding diaryl/α,β-unsaturated/α-hetero) is 1. The summed E-state index contributed by atoms with van der Waals surface area (Å²) in [6.45, 7) is 5.67. The number of phenolic OH excluding ortho intramolecular Hbond substituents is 1. The van der Waals surface area contributed by atoms with E-state index in [1.807, 2.05) is 54.8 Å². The second-order valence-electron chi connectivity index (χ2n) is 9.16. The number of aromatic hydroxyl groups is 1. The Morgan fingerprint density at radius 1 is 1.00 bits per heavy atom. The van der Waals surface area contributed by atoms with Gasteiger partial charge in [-0.1, -0.05) is 35.6 Å². The predicted molar refractivity (Wildman–Crippen MR) is 142 cm³/mol. The molecule has 4 heterocycles.